The normalized spacial score (nSPS) is 21.0. The highest BCUT2D eigenvalue weighted by molar-refractivity contribution is 5.89. The van der Waals surface area contributed by atoms with Gasteiger partial charge < -0.3 is 19.1 Å². The van der Waals surface area contributed by atoms with Gasteiger partial charge in [-0.05, 0) is 57.2 Å². The minimum Gasteiger partial charge on any atom is -0.444 e. The Hall–Kier alpha value is -2.28. The summed E-state index contributed by atoms with van der Waals surface area (Å²) in [5.41, 5.74) is 1.59. The highest BCUT2D eigenvalue weighted by atomic mass is 16.6. The van der Waals surface area contributed by atoms with Crippen molar-refractivity contribution in [2.45, 2.75) is 51.2 Å². The monoisotopic (exact) mass is 390 g/mol. The molecule has 0 radical (unpaired) electrons. The minimum atomic E-state index is -0.469. The average molecular weight is 390 g/mol. The van der Waals surface area contributed by atoms with Crippen molar-refractivity contribution in [1.82, 2.24) is 4.90 Å². The van der Waals surface area contributed by atoms with Gasteiger partial charge in [-0.3, -0.25) is 4.90 Å². The number of anilines is 1. The molecular formula is C21H30N2O5. The number of cyclic esters (lactones) is 1. The maximum Gasteiger partial charge on any atom is 0.414 e. The van der Waals surface area contributed by atoms with Crippen LogP contribution in [-0.4, -0.2) is 62.1 Å². The molecule has 2 aliphatic heterocycles. The Morgan fingerprint density at radius 2 is 1.82 bits per heavy atom. The molecule has 1 aromatic carbocycles. The number of amides is 2. The molecule has 7 heteroatoms. The number of hydrogen-bond donors (Lipinski definition) is 0. The largest absolute Gasteiger partial charge is 0.444 e. The Balaban J connectivity index is 1.55. The van der Waals surface area contributed by atoms with Gasteiger partial charge in [-0.2, -0.15) is 0 Å². The lowest BCUT2D eigenvalue weighted by molar-refractivity contribution is 0.0205. The summed E-state index contributed by atoms with van der Waals surface area (Å²) in [4.78, 5) is 27.7. The smallest absolute Gasteiger partial charge is 0.414 e. The Morgan fingerprint density at radius 1 is 1.18 bits per heavy atom. The number of carbonyl (C=O) groups is 2. The first-order chi connectivity index (χ1) is 13.3. The van der Waals surface area contributed by atoms with E-state index in [0.717, 1.165) is 18.5 Å². The summed E-state index contributed by atoms with van der Waals surface area (Å²) >= 11 is 0. The van der Waals surface area contributed by atoms with E-state index in [2.05, 4.69) is 12.1 Å². The van der Waals surface area contributed by atoms with Crippen molar-refractivity contribution in [3.8, 4) is 0 Å². The van der Waals surface area contributed by atoms with Crippen LogP contribution in [0.5, 0.6) is 0 Å². The summed E-state index contributed by atoms with van der Waals surface area (Å²) in [6.07, 6.45) is 1.01. The third-order valence-corrected chi connectivity index (χ3v) is 5.05. The highest BCUT2D eigenvalue weighted by Crippen LogP contribution is 2.31. The fraction of sp³-hybridized carbons (Fsp3) is 0.619. The number of ether oxygens (including phenoxy) is 3. The van der Waals surface area contributed by atoms with E-state index in [4.69, 9.17) is 14.2 Å². The Labute approximate surface area is 166 Å². The van der Waals surface area contributed by atoms with E-state index < -0.39 is 5.60 Å². The van der Waals surface area contributed by atoms with Crippen LogP contribution in [0.25, 0.3) is 0 Å². The van der Waals surface area contributed by atoms with Gasteiger partial charge in [0, 0.05) is 25.9 Å². The Bertz CT molecular complexity index is 690. The van der Waals surface area contributed by atoms with Crippen LogP contribution < -0.4 is 4.90 Å². The van der Waals surface area contributed by atoms with E-state index in [1.54, 1.807) is 16.9 Å². The molecule has 0 N–H and O–H groups in total. The number of rotatable bonds is 4. The molecule has 0 spiro atoms. The van der Waals surface area contributed by atoms with Crippen LogP contribution in [0.2, 0.25) is 0 Å². The molecule has 28 heavy (non-hydrogen) atoms. The van der Waals surface area contributed by atoms with E-state index in [0.29, 0.717) is 32.2 Å². The molecular weight excluding hydrogens is 360 g/mol. The molecule has 1 unspecified atom stereocenters. The van der Waals surface area contributed by atoms with Gasteiger partial charge in [0.1, 0.15) is 11.7 Å². The first-order valence-electron chi connectivity index (χ1n) is 9.82. The molecule has 7 nitrogen and oxygen atoms in total. The van der Waals surface area contributed by atoms with E-state index in [-0.39, 0.29) is 18.3 Å². The fourth-order valence-electron chi connectivity index (χ4n) is 3.65. The van der Waals surface area contributed by atoms with Gasteiger partial charge in [-0.15, -0.1) is 0 Å². The van der Waals surface area contributed by atoms with Crippen molar-refractivity contribution >= 4 is 17.9 Å². The summed E-state index contributed by atoms with van der Waals surface area (Å²) < 4.78 is 15.8. The highest BCUT2D eigenvalue weighted by Gasteiger charge is 2.32. The van der Waals surface area contributed by atoms with E-state index in [1.165, 1.54) is 5.56 Å². The predicted octanol–water partition coefficient (Wildman–Crippen LogP) is 3.77. The molecule has 2 saturated heterocycles. The third kappa shape index (κ3) is 4.95. The van der Waals surface area contributed by atoms with Gasteiger partial charge in [0.2, 0.25) is 0 Å². The molecule has 154 valence electrons. The number of nitrogens with zero attached hydrogens (tertiary/aromatic N) is 2. The summed E-state index contributed by atoms with van der Waals surface area (Å²) in [7, 11) is 1.60. The van der Waals surface area contributed by atoms with Gasteiger partial charge in [0.25, 0.3) is 0 Å². The third-order valence-electron chi connectivity index (χ3n) is 5.05. The average Bonchev–Trinajstić information content (AvgIpc) is 3.01. The van der Waals surface area contributed by atoms with Gasteiger partial charge in [-0.1, -0.05) is 12.1 Å². The second kappa shape index (κ2) is 8.39. The van der Waals surface area contributed by atoms with Gasteiger partial charge in [0.05, 0.1) is 13.2 Å². The lowest BCUT2D eigenvalue weighted by Crippen LogP contribution is -2.41. The van der Waals surface area contributed by atoms with Crippen molar-refractivity contribution in [1.29, 1.82) is 0 Å². The number of likely N-dealkylation sites (tertiary alicyclic amines) is 1. The first-order valence-corrected chi connectivity index (χ1v) is 9.82. The standard InChI is InChI=1S/C21H30N2O5/c1-21(2,3)28-19(24)22-11-9-16(10-12-22)15-5-7-17(8-6-15)23-13-18(14-26-4)27-20(23)25/h5-8,16,18H,9-14H2,1-4H3. The molecule has 1 atom stereocenters. The Kier molecular flexibility index (Phi) is 6.13. The Morgan fingerprint density at radius 3 is 2.39 bits per heavy atom. The van der Waals surface area contributed by atoms with Crippen molar-refractivity contribution in [2.75, 3.05) is 38.3 Å². The van der Waals surface area contributed by atoms with Crippen molar-refractivity contribution < 1.29 is 23.8 Å². The van der Waals surface area contributed by atoms with Crippen LogP contribution in [0.1, 0.15) is 45.1 Å². The maximum absolute atomic E-state index is 12.2. The first kappa shape index (κ1) is 20.5. The number of methoxy groups -OCH3 is 1. The topological polar surface area (TPSA) is 68.3 Å². The predicted molar refractivity (Wildman–Crippen MR) is 106 cm³/mol. The molecule has 2 fully saturated rings. The van der Waals surface area contributed by atoms with E-state index in [9.17, 15) is 9.59 Å². The molecule has 0 bridgehead atoms. The van der Waals surface area contributed by atoms with Crippen molar-refractivity contribution in [2.24, 2.45) is 0 Å². The number of hydrogen-bond acceptors (Lipinski definition) is 5. The summed E-state index contributed by atoms with van der Waals surface area (Å²) in [6, 6.07) is 8.07. The zero-order valence-corrected chi connectivity index (χ0v) is 17.1. The lowest BCUT2D eigenvalue weighted by atomic mass is 9.89. The molecule has 2 aliphatic rings. The van der Waals surface area contributed by atoms with Crippen LogP contribution >= 0.6 is 0 Å². The quantitative estimate of drug-likeness (QED) is 0.783. The zero-order valence-electron chi connectivity index (χ0n) is 17.1. The lowest BCUT2D eigenvalue weighted by Gasteiger charge is -2.33. The molecule has 2 amide bonds. The molecule has 2 heterocycles. The minimum absolute atomic E-state index is 0.227. The molecule has 0 saturated carbocycles. The van der Waals surface area contributed by atoms with Crippen LogP contribution in [0, 0.1) is 0 Å². The van der Waals surface area contributed by atoms with Gasteiger partial charge in [-0.25, -0.2) is 9.59 Å². The van der Waals surface area contributed by atoms with Crippen LogP contribution in [-0.2, 0) is 14.2 Å². The SMILES string of the molecule is COCC1CN(c2ccc(C3CCN(C(=O)OC(C)(C)C)CC3)cc2)C(=O)O1. The molecule has 3 rings (SSSR count). The summed E-state index contributed by atoms with van der Waals surface area (Å²) in [6.45, 7) is 7.93. The van der Waals surface area contributed by atoms with E-state index >= 15 is 0 Å². The zero-order chi connectivity index (χ0) is 20.3. The van der Waals surface area contributed by atoms with Gasteiger partial charge >= 0.3 is 12.2 Å². The van der Waals surface area contributed by atoms with Crippen LogP contribution in [0.3, 0.4) is 0 Å². The summed E-state index contributed by atoms with van der Waals surface area (Å²) in [5.74, 6) is 0.402. The number of carbonyl (C=O) groups excluding carboxylic acids is 2. The summed E-state index contributed by atoms with van der Waals surface area (Å²) in [5, 5.41) is 0. The van der Waals surface area contributed by atoms with Crippen molar-refractivity contribution in [3.63, 3.8) is 0 Å². The van der Waals surface area contributed by atoms with E-state index in [1.807, 2.05) is 32.9 Å². The molecule has 0 aromatic heterocycles. The molecule has 1 aromatic rings. The maximum atomic E-state index is 12.2. The second-order valence-electron chi connectivity index (χ2n) is 8.40. The van der Waals surface area contributed by atoms with Crippen LogP contribution in [0.4, 0.5) is 15.3 Å². The fourth-order valence-corrected chi connectivity index (χ4v) is 3.65. The van der Waals surface area contributed by atoms with Crippen molar-refractivity contribution in [3.05, 3.63) is 29.8 Å². The molecule has 0 aliphatic carbocycles. The van der Waals surface area contributed by atoms with Gasteiger partial charge in [0.15, 0.2) is 0 Å². The number of piperidine rings is 1. The van der Waals surface area contributed by atoms with Crippen LogP contribution in [0.15, 0.2) is 24.3 Å². The second-order valence-corrected chi connectivity index (χ2v) is 8.40. The number of benzene rings is 1.